The molecule has 0 bridgehead atoms. The maximum atomic E-state index is 12.5. The van der Waals surface area contributed by atoms with Gasteiger partial charge in [0.2, 0.25) is 5.91 Å². The SMILES string of the molecule is CCCc1cc(C)ccc1N(CC1CN(Cc2ccccc2)CCO1)C(C)=O.O=C(O)C(=O)O. The third-order valence-electron chi connectivity index (χ3n) is 5.47. The number of nitrogens with zero attached hydrogens (tertiary/aromatic N) is 2. The summed E-state index contributed by atoms with van der Waals surface area (Å²) in [6.45, 7) is 9.93. The fourth-order valence-electron chi connectivity index (χ4n) is 3.92. The van der Waals surface area contributed by atoms with Crippen molar-refractivity contribution in [2.24, 2.45) is 0 Å². The molecule has 0 saturated carbocycles. The molecule has 1 saturated heterocycles. The van der Waals surface area contributed by atoms with Crippen molar-refractivity contribution in [1.82, 2.24) is 4.90 Å². The first-order chi connectivity index (χ1) is 16.2. The second-order valence-electron chi connectivity index (χ2n) is 8.34. The molecule has 2 N–H and O–H groups in total. The first kappa shape index (κ1) is 27.0. The van der Waals surface area contributed by atoms with E-state index in [1.807, 2.05) is 11.0 Å². The average Bonchev–Trinajstić information content (AvgIpc) is 2.79. The standard InChI is InChI=1S/C24H32N2O2.C2H2O4/c1-4-8-22-15-19(2)11-12-24(22)26(20(3)27)18-23-17-25(13-14-28-23)16-21-9-6-5-7-10-21;3-1(4)2(5)6/h5-7,9-12,15,23H,4,8,13-14,16-18H2,1-3H3;(H,3,4)(H,5,6). The van der Waals surface area contributed by atoms with Crippen molar-refractivity contribution in [3.8, 4) is 0 Å². The minimum absolute atomic E-state index is 0.0251. The third kappa shape index (κ3) is 8.61. The van der Waals surface area contributed by atoms with Crippen LogP contribution in [0.5, 0.6) is 0 Å². The molecule has 2 aromatic carbocycles. The summed E-state index contributed by atoms with van der Waals surface area (Å²) in [5, 5.41) is 14.8. The Kier molecular flexibility index (Phi) is 10.7. The molecule has 1 amide bonds. The number of amides is 1. The molecular weight excluding hydrogens is 436 g/mol. The number of morpholine rings is 1. The molecular formula is C26H34N2O6. The Morgan fingerprint density at radius 3 is 2.35 bits per heavy atom. The molecule has 0 radical (unpaired) electrons. The summed E-state index contributed by atoms with van der Waals surface area (Å²) < 4.78 is 6.04. The van der Waals surface area contributed by atoms with Crippen LogP contribution in [0.3, 0.4) is 0 Å². The lowest BCUT2D eigenvalue weighted by atomic mass is 10.0. The Morgan fingerprint density at radius 1 is 1.09 bits per heavy atom. The van der Waals surface area contributed by atoms with Gasteiger partial charge in [-0.1, -0.05) is 61.4 Å². The molecule has 1 aliphatic heterocycles. The van der Waals surface area contributed by atoms with Crippen molar-refractivity contribution >= 4 is 23.5 Å². The highest BCUT2D eigenvalue weighted by atomic mass is 16.5. The Morgan fingerprint density at radius 2 is 1.76 bits per heavy atom. The second kappa shape index (κ2) is 13.5. The van der Waals surface area contributed by atoms with Crippen molar-refractivity contribution in [2.75, 3.05) is 31.1 Å². The molecule has 34 heavy (non-hydrogen) atoms. The van der Waals surface area contributed by atoms with E-state index >= 15 is 0 Å². The Hall–Kier alpha value is -3.23. The van der Waals surface area contributed by atoms with Crippen molar-refractivity contribution in [3.63, 3.8) is 0 Å². The molecule has 2 aromatic rings. The molecule has 1 aliphatic rings. The molecule has 1 unspecified atom stereocenters. The number of ether oxygens (including phenoxy) is 1. The summed E-state index contributed by atoms with van der Waals surface area (Å²) in [5.74, 6) is -3.57. The maximum absolute atomic E-state index is 12.5. The van der Waals surface area contributed by atoms with Gasteiger partial charge in [0.25, 0.3) is 0 Å². The van der Waals surface area contributed by atoms with Gasteiger partial charge in [-0.15, -0.1) is 0 Å². The van der Waals surface area contributed by atoms with Crippen molar-refractivity contribution < 1.29 is 29.3 Å². The van der Waals surface area contributed by atoms with Crippen LogP contribution in [-0.4, -0.2) is 65.3 Å². The zero-order chi connectivity index (χ0) is 25.1. The number of hydrogen-bond acceptors (Lipinski definition) is 5. The van der Waals surface area contributed by atoms with Gasteiger partial charge in [-0.2, -0.15) is 0 Å². The van der Waals surface area contributed by atoms with Crippen LogP contribution in [0.4, 0.5) is 5.69 Å². The molecule has 0 aromatic heterocycles. The minimum atomic E-state index is -1.82. The summed E-state index contributed by atoms with van der Waals surface area (Å²) in [6.07, 6.45) is 2.07. The molecule has 1 heterocycles. The van der Waals surface area contributed by atoms with E-state index < -0.39 is 11.9 Å². The van der Waals surface area contributed by atoms with E-state index in [-0.39, 0.29) is 12.0 Å². The van der Waals surface area contributed by atoms with Crippen LogP contribution in [-0.2, 0) is 32.1 Å². The van der Waals surface area contributed by atoms with Gasteiger partial charge in [0.05, 0.1) is 19.3 Å². The van der Waals surface area contributed by atoms with Crippen molar-refractivity contribution in [1.29, 1.82) is 0 Å². The molecule has 3 rings (SSSR count). The number of carboxylic acid groups (broad SMARTS) is 2. The predicted molar refractivity (Wildman–Crippen MR) is 130 cm³/mol. The van der Waals surface area contributed by atoms with Crippen LogP contribution in [0.25, 0.3) is 0 Å². The van der Waals surface area contributed by atoms with Gasteiger partial charge >= 0.3 is 11.9 Å². The molecule has 0 spiro atoms. The Labute approximate surface area is 200 Å². The lowest BCUT2D eigenvalue weighted by Gasteiger charge is -2.36. The molecule has 1 fully saturated rings. The highest BCUT2D eigenvalue weighted by Gasteiger charge is 2.25. The molecule has 8 nitrogen and oxygen atoms in total. The highest BCUT2D eigenvalue weighted by molar-refractivity contribution is 6.27. The normalized spacial score (nSPS) is 15.7. The fraction of sp³-hybridized carbons (Fsp3) is 0.423. The Balaban J connectivity index is 0.000000604. The number of benzene rings is 2. The smallest absolute Gasteiger partial charge is 0.414 e. The number of rotatable bonds is 7. The first-order valence-corrected chi connectivity index (χ1v) is 11.4. The molecule has 0 aliphatic carbocycles. The highest BCUT2D eigenvalue weighted by Crippen LogP contribution is 2.25. The van der Waals surface area contributed by atoms with Crippen molar-refractivity contribution in [3.05, 3.63) is 65.2 Å². The van der Waals surface area contributed by atoms with Gasteiger partial charge < -0.3 is 19.8 Å². The summed E-state index contributed by atoms with van der Waals surface area (Å²) in [5.41, 5.74) is 4.83. The van der Waals surface area contributed by atoms with Gasteiger partial charge in [-0.05, 0) is 30.5 Å². The van der Waals surface area contributed by atoms with Crippen LogP contribution >= 0.6 is 0 Å². The van der Waals surface area contributed by atoms with E-state index in [1.54, 1.807) is 6.92 Å². The second-order valence-corrected chi connectivity index (χ2v) is 8.34. The van der Waals surface area contributed by atoms with Crippen LogP contribution in [0.15, 0.2) is 48.5 Å². The summed E-state index contributed by atoms with van der Waals surface area (Å²) in [4.78, 5) is 35.0. The van der Waals surface area contributed by atoms with E-state index in [4.69, 9.17) is 24.5 Å². The summed E-state index contributed by atoms with van der Waals surface area (Å²) >= 11 is 0. The van der Waals surface area contributed by atoms with Crippen molar-refractivity contribution in [2.45, 2.75) is 46.3 Å². The van der Waals surface area contributed by atoms with Gasteiger partial charge in [-0.25, -0.2) is 9.59 Å². The quantitative estimate of drug-likeness (QED) is 0.598. The lowest BCUT2D eigenvalue weighted by Crippen LogP contribution is -2.48. The first-order valence-electron chi connectivity index (χ1n) is 11.4. The fourth-order valence-corrected chi connectivity index (χ4v) is 3.92. The number of carbonyl (C=O) groups excluding carboxylic acids is 1. The topological polar surface area (TPSA) is 107 Å². The summed E-state index contributed by atoms with van der Waals surface area (Å²) in [6, 6.07) is 16.9. The zero-order valence-corrected chi connectivity index (χ0v) is 20.1. The van der Waals surface area contributed by atoms with Gasteiger partial charge in [0.15, 0.2) is 0 Å². The largest absolute Gasteiger partial charge is 0.473 e. The van der Waals surface area contributed by atoms with Gasteiger partial charge in [0.1, 0.15) is 0 Å². The van der Waals surface area contributed by atoms with E-state index in [9.17, 15) is 4.79 Å². The van der Waals surface area contributed by atoms with Gasteiger partial charge in [-0.3, -0.25) is 9.69 Å². The average molecular weight is 471 g/mol. The van der Waals surface area contributed by atoms with E-state index in [2.05, 4.69) is 61.2 Å². The lowest BCUT2D eigenvalue weighted by molar-refractivity contribution is -0.159. The number of carboxylic acids is 2. The zero-order valence-electron chi connectivity index (χ0n) is 20.1. The predicted octanol–water partition coefficient (Wildman–Crippen LogP) is 3.36. The number of aliphatic carboxylic acids is 2. The monoisotopic (exact) mass is 470 g/mol. The molecule has 8 heteroatoms. The third-order valence-corrected chi connectivity index (χ3v) is 5.47. The van der Waals surface area contributed by atoms with Crippen LogP contribution < -0.4 is 4.90 Å². The van der Waals surface area contributed by atoms with E-state index in [0.717, 1.165) is 38.2 Å². The Bertz CT molecular complexity index is 951. The van der Waals surface area contributed by atoms with E-state index in [1.165, 1.54) is 16.7 Å². The molecule has 1 atom stereocenters. The van der Waals surface area contributed by atoms with Crippen LogP contribution in [0.1, 0.15) is 37.0 Å². The number of hydrogen-bond donors (Lipinski definition) is 2. The van der Waals surface area contributed by atoms with E-state index in [0.29, 0.717) is 13.2 Å². The number of carbonyl (C=O) groups is 3. The maximum Gasteiger partial charge on any atom is 0.414 e. The van der Waals surface area contributed by atoms with Crippen LogP contribution in [0.2, 0.25) is 0 Å². The number of anilines is 1. The molecule has 184 valence electrons. The number of aryl methyl sites for hydroxylation is 2. The van der Waals surface area contributed by atoms with Crippen LogP contribution in [0, 0.1) is 6.92 Å². The summed E-state index contributed by atoms with van der Waals surface area (Å²) in [7, 11) is 0. The minimum Gasteiger partial charge on any atom is -0.473 e. The van der Waals surface area contributed by atoms with Gasteiger partial charge in [0, 0.05) is 32.2 Å².